The number of rotatable bonds is 7. The summed E-state index contributed by atoms with van der Waals surface area (Å²) in [5.74, 6) is 0.583. The van der Waals surface area contributed by atoms with E-state index in [4.69, 9.17) is 27.9 Å². The van der Waals surface area contributed by atoms with Crippen LogP contribution in [0.1, 0.15) is 25.8 Å². The van der Waals surface area contributed by atoms with Crippen molar-refractivity contribution in [2.45, 2.75) is 26.9 Å². The summed E-state index contributed by atoms with van der Waals surface area (Å²) >= 11 is 12.3. The van der Waals surface area contributed by atoms with E-state index < -0.39 is 0 Å². The lowest BCUT2D eigenvalue weighted by Crippen LogP contribution is -2.34. The maximum atomic E-state index is 12.4. The molecule has 0 radical (unpaired) electrons. The van der Waals surface area contributed by atoms with E-state index in [1.54, 1.807) is 35.2 Å². The molecule has 2 amide bonds. The molecule has 2 aromatic carbocycles. The van der Waals surface area contributed by atoms with Crippen LogP contribution < -0.4 is 15.0 Å². The van der Waals surface area contributed by atoms with Gasteiger partial charge in [-0.3, -0.25) is 9.59 Å². The van der Waals surface area contributed by atoms with Gasteiger partial charge in [-0.2, -0.15) is 0 Å². The minimum Gasteiger partial charge on any atom is -0.489 e. The summed E-state index contributed by atoms with van der Waals surface area (Å²) in [5, 5.41) is 4.02. The maximum absolute atomic E-state index is 12.4. The Morgan fingerprint density at radius 3 is 2.45 bits per heavy atom. The Hall–Kier alpha value is -2.24. The molecule has 3 rings (SSSR count). The fourth-order valence-corrected chi connectivity index (χ4v) is 3.64. The fraction of sp³-hybridized carbons (Fsp3) is 0.364. The second-order valence-corrected chi connectivity index (χ2v) is 8.34. The predicted molar refractivity (Wildman–Crippen MR) is 116 cm³/mol. The quantitative estimate of drug-likeness (QED) is 0.686. The van der Waals surface area contributed by atoms with E-state index in [1.807, 2.05) is 26.0 Å². The predicted octanol–water partition coefficient (Wildman–Crippen LogP) is 4.70. The Kier molecular flexibility index (Phi) is 7.04. The van der Waals surface area contributed by atoms with Crippen molar-refractivity contribution in [3.05, 3.63) is 58.1 Å². The number of benzene rings is 2. The van der Waals surface area contributed by atoms with Crippen molar-refractivity contribution < 1.29 is 14.3 Å². The molecule has 1 fully saturated rings. The highest BCUT2D eigenvalue weighted by atomic mass is 35.5. The first-order chi connectivity index (χ1) is 13.8. The number of anilines is 1. The Morgan fingerprint density at radius 1 is 1.17 bits per heavy atom. The van der Waals surface area contributed by atoms with Gasteiger partial charge in [-0.05, 0) is 42.3 Å². The molecular formula is C22H24Cl2N2O3. The smallest absolute Gasteiger partial charge is 0.227 e. The summed E-state index contributed by atoms with van der Waals surface area (Å²) in [5.41, 5.74) is 1.47. The molecule has 1 aliphatic heterocycles. The first-order valence-electron chi connectivity index (χ1n) is 9.59. The van der Waals surface area contributed by atoms with Gasteiger partial charge in [0.2, 0.25) is 11.8 Å². The van der Waals surface area contributed by atoms with Crippen molar-refractivity contribution in [2.24, 2.45) is 11.8 Å². The molecule has 7 heteroatoms. The number of nitrogens with one attached hydrogen (secondary N) is 1. The molecule has 1 atom stereocenters. The van der Waals surface area contributed by atoms with Gasteiger partial charge in [0, 0.05) is 40.8 Å². The SMILES string of the molecule is CC(C)CNC(=O)[C@H]1CC(=O)N(c2ccc(OCc3c(Cl)cccc3Cl)cc2)C1. The van der Waals surface area contributed by atoms with Crippen molar-refractivity contribution in [1.82, 2.24) is 5.32 Å². The van der Waals surface area contributed by atoms with Crippen molar-refractivity contribution in [2.75, 3.05) is 18.0 Å². The number of halogens is 2. The molecule has 1 aliphatic rings. The van der Waals surface area contributed by atoms with Crippen LogP contribution in [0.2, 0.25) is 10.0 Å². The van der Waals surface area contributed by atoms with E-state index in [1.165, 1.54) is 0 Å². The Morgan fingerprint density at radius 2 is 1.83 bits per heavy atom. The highest BCUT2D eigenvalue weighted by molar-refractivity contribution is 6.35. The van der Waals surface area contributed by atoms with Crippen LogP contribution in [0.3, 0.4) is 0 Å². The van der Waals surface area contributed by atoms with Gasteiger partial charge in [0.25, 0.3) is 0 Å². The minimum absolute atomic E-state index is 0.0498. The zero-order valence-corrected chi connectivity index (χ0v) is 18.0. The Bertz CT molecular complexity index is 864. The molecule has 0 bridgehead atoms. The molecule has 0 aliphatic carbocycles. The Labute approximate surface area is 180 Å². The summed E-state index contributed by atoms with van der Waals surface area (Å²) in [7, 11) is 0. The van der Waals surface area contributed by atoms with Crippen LogP contribution in [-0.2, 0) is 16.2 Å². The number of ether oxygens (including phenoxy) is 1. The van der Waals surface area contributed by atoms with Gasteiger partial charge in [-0.1, -0.05) is 43.1 Å². The number of hydrogen-bond acceptors (Lipinski definition) is 3. The van der Waals surface area contributed by atoms with Crippen LogP contribution in [0, 0.1) is 11.8 Å². The minimum atomic E-state index is -0.320. The highest BCUT2D eigenvalue weighted by Gasteiger charge is 2.35. The largest absolute Gasteiger partial charge is 0.489 e. The van der Waals surface area contributed by atoms with Gasteiger partial charge in [0.1, 0.15) is 12.4 Å². The van der Waals surface area contributed by atoms with Gasteiger partial charge in [0.15, 0.2) is 0 Å². The molecule has 0 unspecified atom stereocenters. The van der Waals surface area contributed by atoms with E-state index in [0.29, 0.717) is 34.8 Å². The van der Waals surface area contributed by atoms with Crippen LogP contribution in [0.25, 0.3) is 0 Å². The maximum Gasteiger partial charge on any atom is 0.227 e. The Balaban J connectivity index is 1.60. The standard InChI is InChI=1S/C22H24Cl2N2O3/c1-14(2)11-25-22(28)15-10-21(27)26(12-15)16-6-8-17(9-7-16)29-13-18-19(23)4-3-5-20(18)24/h3-9,14-15H,10-13H2,1-2H3,(H,25,28)/t15-/m0/s1. The van der Waals surface area contributed by atoms with Crippen LogP contribution in [0.4, 0.5) is 5.69 Å². The first kappa shape index (κ1) is 21.5. The van der Waals surface area contributed by atoms with E-state index in [2.05, 4.69) is 5.32 Å². The summed E-state index contributed by atoms with van der Waals surface area (Å²) in [6.45, 7) is 5.33. The number of hydrogen-bond donors (Lipinski definition) is 1. The second kappa shape index (κ2) is 9.51. The van der Waals surface area contributed by atoms with Crippen LogP contribution in [-0.4, -0.2) is 24.9 Å². The molecule has 0 saturated carbocycles. The molecule has 154 valence electrons. The second-order valence-electron chi connectivity index (χ2n) is 7.53. The van der Waals surface area contributed by atoms with Gasteiger partial charge < -0.3 is 15.0 Å². The number of nitrogens with zero attached hydrogens (tertiary/aromatic N) is 1. The molecule has 0 spiro atoms. The lowest BCUT2D eigenvalue weighted by Gasteiger charge is -2.18. The summed E-state index contributed by atoms with van der Waals surface area (Å²) < 4.78 is 5.78. The van der Waals surface area contributed by atoms with Crippen LogP contribution in [0.15, 0.2) is 42.5 Å². The molecule has 1 saturated heterocycles. The van der Waals surface area contributed by atoms with Crippen molar-refractivity contribution in [3.63, 3.8) is 0 Å². The zero-order valence-electron chi connectivity index (χ0n) is 16.5. The van der Waals surface area contributed by atoms with Crippen molar-refractivity contribution >= 4 is 40.7 Å². The van der Waals surface area contributed by atoms with Crippen molar-refractivity contribution in [3.8, 4) is 5.75 Å². The van der Waals surface area contributed by atoms with Gasteiger partial charge in [-0.25, -0.2) is 0 Å². The van der Waals surface area contributed by atoms with Crippen molar-refractivity contribution in [1.29, 1.82) is 0 Å². The fourth-order valence-electron chi connectivity index (χ4n) is 3.13. The van der Waals surface area contributed by atoms with Gasteiger partial charge in [-0.15, -0.1) is 0 Å². The molecule has 2 aromatic rings. The zero-order chi connectivity index (χ0) is 21.0. The summed E-state index contributed by atoms with van der Waals surface area (Å²) in [4.78, 5) is 26.3. The molecule has 0 aromatic heterocycles. The van der Waals surface area contributed by atoms with E-state index in [-0.39, 0.29) is 30.8 Å². The summed E-state index contributed by atoms with van der Waals surface area (Å²) in [6.07, 6.45) is 0.229. The third kappa shape index (κ3) is 5.43. The molecule has 1 N–H and O–H groups in total. The molecule has 5 nitrogen and oxygen atoms in total. The van der Waals surface area contributed by atoms with Crippen LogP contribution in [0.5, 0.6) is 5.75 Å². The van der Waals surface area contributed by atoms with E-state index in [0.717, 1.165) is 11.3 Å². The first-order valence-corrected chi connectivity index (χ1v) is 10.3. The lowest BCUT2D eigenvalue weighted by molar-refractivity contribution is -0.126. The third-order valence-electron chi connectivity index (χ3n) is 4.77. The lowest BCUT2D eigenvalue weighted by atomic mass is 10.1. The summed E-state index contributed by atoms with van der Waals surface area (Å²) in [6, 6.07) is 12.5. The highest BCUT2D eigenvalue weighted by Crippen LogP contribution is 2.29. The van der Waals surface area contributed by atoms with E-state index in [9.17, 15) is 9.59 Å². The topological polar surface area (TPSA) is 58.6 Å². The molecular weight excluding hydrogens is 411 g/mol. The van der Waals surface area contributed by atoms with Crippen LogP contribution >= 0.6 is 23.2 Å². The normalized spacial score (nSPS) is 16.4. The number of carbonyl (C=O) groups excluding carboxylic acids is 2. The van der Waals surface area contributed by atoms with Gasteiger partial charge >= 0.3 is 0 Å². The monoisotopic (exact) mass is 434 g/mol. The molecule has 1 heterocycles. The number of amides is 2. The third-order valence-corrected chi connectivity index (χ3v) is 5.48. The average Bonchev–Trinajstić information content (AvgIpc) is 3.08. The average molecular weight is 435 g/mol. The molecule has 29 heavy (non-hydrogen) atoms. The van der Waals surface area contributed by atoms with Gasteiger partial charge in [0.05, 0.1) is 5.92 Å². The van der Waals surface area contributed by atoms with E-state index >= 15 is 0 Å². The number of carbonyl (C=O) groups is 2.